The predicted octanol–water partition coefficient (Wildman–Crippen LogP) is 0.758. The van der Waals surface area contributed by atoms with Crippen molar-refractivity contribution in [2.24, 2.45) is 0 Å². The van der Waals surface area contributed by atoms with Gasteiger partial charge in [-0.2, -0.15) is 4.98 Å². The van der Waals surface area contributed by atoms with Crippen LogP contribution in [0.25, 0.3) is 0 Å². The maximum Gasteiger partial charge on any atom is 0.351 e. The minimum atomic E-state index is -0.827. The molecule has 3 atom stereocenters. The van der Waals surface area contributed by atoms with Crippen LogP contribution in [0.2, 0.25) is 0 Å². The van der Waals surface area contributed by atoms with Gasteiger partial charge in [0.15, 0.2) is 17.3 Å². The summed E-state index contributed by atoms with van der Waals surface area (Å²) in [4.78, 5) is 18.3. The lowest BCUT2D eigenvalue weighted by Gasteiger charge is -2.29. The molecule has 24 heavy (non-hydrogen) atoms. The zero-order valence-corrected chi connectivity index (χ0v) is 13.0. The molecule has 1 aromatic carbocycles. The van der Waals surface area contributed by atoms with E-state index in [9.17, 15) is 15.0 Å². The van der Waals surface area contributed by atoms with Gasteiger partial charge in [0.25, 0.3) is 0 Å². The number of anilines is 2. The number of rotatable bonds is 2. The van der Waals surface area contributed by atoms with Gasteiger partial charge in [-0.25, -0.2) is 4.79 Å². The van der Waals surface area contributed by atoms with Gasteiger partial charge in [0.2, 0.25) is 0 Å². The molecule has 1 aromatic heterocycles. The van der Waals surface area contributed by atoms with Crippen molar-refractivity contribution >= 4 is 11.5 Å². The summed E-state index contributed by atoms with van der Waals surface area (Å²) in [5.41, 5.74) is 0.321. The molecule has 4 rings (SSSR count). The zero-order chi connectivity index (χ0) is 16.8. The molecule has 1 saturated heterocycles. The first-order chi connectivity index (χ1) is 11.6. The maximum absolute atomic E-state index is 12.4. The van der Waals surface area contributed by atoms with Crippen molar-refractivity contribution in [2.75, 3.05) is 18.6 Å². The molecule has 2 aliphatic heterocycles. The number of ether oxygens (including phenoxy) is 2. The molecule has 0 unspecified atom stereocenters. The average Bonchev–Trinajstić information content (AvgIpc) is 2.96. The molecule has 1 fully saturated rings. The molecular weight excluding hydrogens is 314 g/mol. The molecule has 0 radical (unpaired) electrons. The van der Waals surface area contributed by atoms with Gasteiger partial charge in [-0.1, -0.05) is 12.1 Å². The smallest absolute Gasteiger partial charge is 0.351 e. The number of fused-ring (bicyclic) bond motifs is 2. The third-order valence-corrected chi connectivity index (χ3v) is 4.36. The van der Waals surface area contributed by atoms with Crippen LogP contribution in [0.1, 0.15) is 12.6 Å². The fourth-order valence-electron chi connectivity index (χ4n) is 3.06. The van der Waals surface area contributed by atoms with Crippen LogP contribution in [0.5, 0.6) is 11.5 Å². The van der Waals surface area contributed by atoms with Crippen LogP contribution in [-0.4, -0.2) is 45.6 Å². The second kappa shape index (κ2) is 5.59. The van der Waals surface area contributed by atoms with E-state index in [1.807, 2.05) is 31.3 Å². The van der Waals surface area contributed by atoms with E-state index < -0.39 is 24.1 Å². The van der Waals surface area contributed by atoms with Crippen molar-refractivity contribution in [1.82, 2.24) is 9.55 Å². The van der Waals surface area contributed by atoms with Gasteiger partial charge >= 0.3 is 5.69 Å². The molecular formula is C16H17N3O5. The molecule has 0 saturated carbocycles. The number of aliphatic hydroxyl groups excluding tert-OH is 2. The third kappa shape index (κ3) is 2.27. The lowest BCUT2D eigenvalue weighted by Crippen LogP contribution is -2.30. The molecule has 0 spiro atoms. The Hall–Kier alpha value is -2.42. The molecule has 8 nitrogen and oxygen atoms in total. The van der Waals surface area contributed by atoms with Crippen molar-refractivity contribution in [3.8, 4) is 11.5 Å². The topological polar surface area (TPSA) is 97.0 Å². The van der Waals surface area contributed by atoms with Gasteiger partial charge in [-0.05, 0) is 12.1 Å². The first-order valence-electron chi connectivity index (χ1n) is 7.66. The second-order valence-electron chi connectivity index (χ2n) is 5.86. The molecule has 0 amide bonds. The van der Waals surface area contributed by atoms with E-state index in [0.29, 0.717) is 17.3 Å². The zero-order valence-electron chi connectivity index (χ0n) is 13.0. The predicted molar refractivity (Wildman–Crippen MR) is 84.7 cm³/mol. The number of aliphatic hydroxyl groups is 2. The minimum Gasteiger partial charge on any atom is -0.450 e. The molecule has 126 valence electrons. The minimum absolute atomic E-state index is 0.206. The Balaban J connectivity index is 1.73. The van der Waals surface area contributed by atoms with E-state index in [-0.39, 0.29) is 13.0 Å². The summed E-state index contributed by atoms with van der Waals surface area (Å²) < 4.78 is 12.7. The van der Waals surface area contributed by atoms with Gasteiger partial charge in [-0.15, -0.1) is 0 Å². The van der Waals surface area contributed by atoms with Crippen LogP contribution in [0.3, 0.4) is 0 Å². The molecule has 8 heteroatoms. The Bertz CT molecular complexity index is 837. The highest BCUT2D eigenvalue weighted by atomic mass is 16.5. The molecule has 2 aliphatic rings. The van der Waals surface area contributed by atoms with Crippen LogP contribution in [-0.2, 0) is 4.74 Å². The summed E-state index contributed by atoms with van der Waals surface area (Å²) in [6, 6.07) is 7.46. The quantitative estimate of drug-likeness (QED) is 0.838. The van der Waals surface area contributed by atoms with E-state index >= 15 is 0 Å². The fraction of sp³-hybridized carbons (Fsp3) is 0.375. The van der Waals surface area contributed by atoms with Crippen molar-refractivity contribution in [2.45, 2.75) is 24.9 Å². The number of nitrogens with zero attached hydrogens (tertiary/aromatic N) is 3. The van der Waals surface area contributed by atoms with Crippen molar-refractivity contribution in [3.63, 3.8) is 0 Å². The summed E-state index contributed by atoms with van der Waals surface area (Å²) in [7, 11) is 1.81. The third-order valence-electron chi connectivity index (χ3n) is 4.36. The Morgan fingerprint density at radius 3 is 2.88 bits per heavy atom. The Kier molecular flexibility index (Phi) is 3.52. The second-order valence-corrected chi connectivity index (χ2v) is 5.86. The highest BCUT2D eigenvalue weighted by molar-refractivity contribution is 5.74. The number of aromatic nitrogens is 2. The SMILES string of the molecule is CN1c2ccccc2Oc2cn([C@H]3C[C@H](O)[C@@H](CO)O3)c(=O)nc21. The van der Waals surface area contributed by atoms with E-state index in [4.69, 9.17) is 9.47 Å². The van der Waals surface area contributed by atoms with E-state index in [1.54, 1.807) is 4.90 Å². The van der Waals surface area contributed by atoms with Crippen LogP contribution in [0.15, 0.2) is 35.3 Å². The van der Waals surface area contributed by atoms with Gasteiger partial charge in [0.05, 0.1) is 24.6 Å². The number of para-hydroxylation sites is 2. The van der Waals surface area contributed by atoms with Gasteiger partial charge in [0.1, 0.15) is 12.3 Å². The fourth-order valence-corrected chi connectivity index (χ4v) is 3.06. The Labute approximate surface area is 137 Å². The summed E-state index contributed by atoms with van der Waals surface area (Å²) in [5.74, 6) is 1.52. The summed E-state index contributed by atoms with van der Waals surface area (Å²) >= 11 is 0. The van der Waals surface area contributed by atoms with Crippen molar-refractivity contribution in [3.05, 3.63) is 40.9 Å². The largest absolute Gasteiger partial charge is 0.450 e. The lowest BCUT2D eigenvalue weighted by molar-refractivity contribution is -0.0460. The number of hydrogen-bond donors (Lipinski definition) is 2. The van der Waals surface area contributed by atoms with Crippen LogP contribution >= 0.6 is 0 Å². The monoisotopic (exact) mass is 331 g/mol. The van der Waals surface area contributed by atoms with Gasteiger partial charge < -0.3 is 24.6 Å². The Morgan fingerprint density at radius 1 is 1.33 bits per heavy atom. The summed E-state index contributed by atoms with van der Waals surface area (Å²) in [6.07, 6.45) is -0.477. The Morgan fingerprint density at radius 2 is 2.12 bits per heavy atom. The van der Waals surface area contributed by atoms with E-state index in [2.05, 4.69) is 4.98 Å². The van der Waals surface area contributed by atoms with E-state index in [0.717, 1.165) is 5.69 Å². The number of benzene rings is 1. The molecule has 2 aromatic rings. The first kappa shape index (κ1) is 15.1. The van der Waals surface area contributed by atoms with Gasteiger partial charge in [0, 0.05) is 13.5 Å². The highest BCUT2D eigenvalue weighted by Gasteiger charge is 2.36. The summed E-state index contributed by atoms with van der Waals surface area (Å²) in [5, 5.41) is 19.0. The van der Waals surface area contributed by atoms with E-state index in [1.165, 1.54) is 10.8 Å². The van der Waals surface area contributed by atoms with Crippen LogP contribution in [0, 0.1) is 0 Å². The van der Waals surface area contributed by atoms with Gasteiger partial charge in [-0.3, -0.25) is 4.57 Å². The molecule has 0 aliphatic carbocycles. The van der Waals surface area contributed by atoms with Crippen molar-refractivity contribution in [1.29, 1.82) is 0 Å². The molecule has 2 N–H and O–H groups in total. The molecule has 3 heterocycles. The first-order valence-corrected chi connectivity index (χ1v) is 7.66. The van der Waals surface area contributed by atoms with Crippen molar-refractivity contribution < 1.29 is 19.7 Å². The normalized spacial score (nSPS) is 25.1. The van der Waals surface area contributed by atoms with Crippen LogP contribution in [0.4, 0.5) is 11.5 Å². The molecule has 0 bridgehead atoms. The maximum atomic E-state index is 12.4. The standard InChI is InChI=1S/C16H17N3O5/c1-18-9-4-2-3-5-11(9)23-12-7-19(16(22)17-15(12)18)14-6-10(21)13(8-20)24-14/h2-5,7,10,13-14,20-21H,6,8H2,1H3/t10-,13+,14+/m0/s1. The lowest BCUT2D eigenvalue weighted by atomic mass is 10.2. The number of hydrogen-bond acceptors (Lipinski definition) is 7. The average molecular weight is 331 g/mol. The van der Waals surface area contributed by atoms with Crippen LogP contribution < -0.4 is 15.3 Å². The summed E-state index contributed by atoms with van der Waals surface area (Å²) in [6.45, 7) is -0.308. The highest BCUT2D eigenvalue weighted by Crippen LogP contribution is 2.44.